The van der Waals surface area contributed by atoms with Gasteiger partial charge in [0.25, 0.3) is 5.91 Å². The predicted molar refractivity (Wildman–Crippen MR) is 83.0 cm³/mol. The van der Waals surface area contributed by atoms with Gasteiger partial charge in [-0.15, -0.1) is 0 Å². The molecule has 0 fully saturated rings. The highest BCUT2D eigenvalue weighted by Gasteiger charge is 2.06. The van der Waals surface area contributed by atoms with E-state index in [0.29, 0.717) is 22.8 Å². The molecule has 0 aliphatic heterocycles. The minimum atomic E-state index is -0.155. The van der Waals surface area contributed by atoms with E-state index in [1.165, 1.54) is 0 Å². The second kappa shape index (κ2) is 6.30. The third kappa shape index (κ3) is 3.42. The van der Waals surface area contributed by atoms with Crippen LogP contribution in [0.1, 0.15) is 15.9 Å². The van der Waals surface area contributed by atoms with Crippen LogP contribution in [0.4, 0.5) is 11.4 Å². The standard InChI is InChI=1S/C15H16ClN3O/c1-18-15(20)11-5-6-14(13(17)8-11)19-9-10-3-2-4-12(16)7-10/h2-8,19H,9,17H2,1H3,(H,18,20). The van der Waals surface area contributed by atoms with E-state index in [9.17, 15) is 4.79 Å². The second-order valence-corrected chi connectivity index (χ2v) is 4.80. The Labute approximate surface area is 122 Å². The van der Waals surface area contributed by atoms with Gasteiger partial charge >= 0.3 is 0 Å². The Hall–Kier alpha value is -2.20. The summed E-state index contributed by atoms with van der Waals surface area (Å²) >= 11 is 5.93. The molecule has 4 nitrogen and oxygen atoms in total. The quantitative estimate of drug-likeness (QED) is 0.758. The van der Waals surface area contributed by atoms with Crippen molar-refractivity contribution >= 4 is 28.9 Å². The van der Waals surface area contributed by atoms with Crippen molar-refractivity contribution < 1.29 is 4.79 Å². The molecular formula is C15H16ClN3O. The van der Waals surface area contributed by atoms with Crippen LogP contribution in [0.2, 0.25) is 5.02 Å². The van der Waals surface area contributed by atoms with Crippen LogP contribution in [0.3, 0.4) is 0 Å². The van der Waals surface area contributed by atoms with Gasteiger partial charge in [0, 0.05) is 24.2 Å². The van der Waals surface area contributed by atoms with Crippen molar-refractivity contribution in [1.82, 2.24) is 5.32 Å². The van der Waals surface area contributed by atoms with E-state index in [1.54, 1.807) is 25.2 Å². The fourth-order valence-electron chi connectivity index (χ4n) is 1.85. The van der Waals surface area contributed by atoms with Crippen LogP contribution in [0, 0.1) is 0 Å². The van der Waals surface area contributed by atoms with Gasteiger partial charge in [0.1, 0.15) is 0 Å². The number of anilines is 2. The first-order valence-corrected chi connectivity index (χ1v) is 6.58. The van der Waals surface area contributed by atoms with E-state index >= 15 is 0 Å². The summed E-state index contributed by atoms with van der Waals surface area (Å²) in [6.45, 7) is 0.615. The van der Waals surface area contributed by atoms with Crippen LogP contribution in [-0.2, 0) is 6.54 Å². The highest BCUT2D eigenvalue weighted by atomic mass is 35.5. The number of nitrogen functional groups attached to an aromatic ring is 1. The average Bonchev–Trinajstić information content (AvgIpc) is 2.45. The molecule has 0 saturated heterocycles. The number of amides is 1. The molecule has 0 aliphatic rings. The molecular weight excluding hydrogens is 274 g/mol. The molecule has 0 spiro atoms. The van der Waals surface area contributed by atoms with Gasteiger partial charge in [-0.05, 0) is 35.9 Å². The molecule has 0 atom stereocenters. The average molecular weight is 290 g/mol. The number of halogens is 1. The SMILES string of the molecule is CNC(=O)c1ccc(NCc2cccc(Cl)c2)c(N)c1. The lowest BCUT2D eigenvalue weighted by molar-refractivity contribution is 0.0963. The lowest BCUT2D eigenvalue weighted by Gasteiger charge is -2.11. The van der Waals surface area contributed by atoms with E-state index in [4.69, 9.17) is 17.3 Å². The monoisotopic (exact) mass is 289 g/mol. The number of benzene rings is 2. The number of carbonyl (C=O) groups excluding carboxylic acids is 1. The summed E-state index contributed by atoms with van der Waals surface area (Å²) in [6.07, 6.45) is 0. The third-order valence-electron chi connectivity index (χ3n) is 2.91. The molecule has 20 heavy (non-hydrogen) atoms. The van der Waals surface area contributed by atoms with Crippen LogP contribution in [0.25, 0.3) is 0 Å². The van der Waals surface area contributed by atoms with Crippen molar-refractivity contribution in [2.75, 3.05) is 18.1 Å². The third-order valence-corrected chi connectivity index (χ3v) is 3.15. The fraction of sp³-hybridized carbons (Fsp3) is 0.133. The zero-order valence-corrected chi connectivity index (χ0v) is 11.9. The Kier molecular flexibility index (Phi) is 4.48. The van der Waals surface area contributed by atoms with Crippen LogP contribution in [0.5, 0.6) is 0 Å². The first kappa shape index (κ1) is 14.2. The molecule has 1 amide bonds. The molecule has 0 bridgehead atoms. The number of nitrogens with two attached hydrogens (primary N) is 1. The van der Waals surface area contributed by atoms with Gasteiger partial charge in [-0.2, -0.15) is 0 Å². The molecule has 0 radical (unpaired) electrons. The van der Waals surface area contributed by atoms with Gasteiger partial charge in [-0.25, -0.2) is 0 Å². The molecule has 0 heterocycles. The maximum Gasteiger partial charge on any atom is 0.251 e. The van der Waals surface area contributed by atoms with Crippen LogP contribution < -0.4 is 16.4 Å². The Morgan fingerprint density at radius 2 is 2.05 bits per heavy atom. The first-order valence-electron chi connectivity index (χ1n) is 6.20. The highest BCUT2D eigenvalue weighted by Crippen LogP contribution is 2.21. The van der Waals surface area contributed by atoms with Crippen molar-refractivity contribution in [3.63, 3.8) is 0 Å². The van der Waals surface area contributed by atoms with Crippen LogP contribution in [-0.4, -0.2) is 13.0 Å². The number of rotatable bonds is 4. The molecule has 104 valence electrons. The van der Waals surface area contributed by atoms with Gasteiger partial charge in [-0.1, -0.05) is 23.7 Å². The zero-order valence-electron chi connectivity index (χ0n) is 11.1. The van der Waals surface area contributed by atoms with Gasteiger partial charge < -0.3 is 16.4 Å². The first-order chi connectivity index (χ1) is 9.60. The Bertz CT molecular complexity index is 628. The second-order valence-electron chi connectivity index (χ2n) is 4.36. The maximum absolute atomic E-state index is 11.5. The molecule has 5 heteroatoms. The molecule has 2 aromatic rings. The van der Waals surface area contributed by atoms with Crippen molar-refractivity contribution in [1.29, 1.82) is 0 Å². The summed E-state index contributed by atoms with van der Waals surface area (Å²) in [5.41, 5.74) is 8.87. The smallest absolute Gasteiger partial charge is 0.251 e. The molecule has 0 aromatic heterocycles. The summed E-state index contributed by atoms with van der Waals surface area (Å²) in [5.74, 6) is -0.155. The lowest BCUT2D eigenvalue weighted by atomic mass is 10.1. The van der Waals surface area contributed by atoms with Crippen molar-refractivity contribution in [3.05, 3.63) is 58.6 Å². The minimum Gasteiger partial charge on any atom is -0.397 e. The summed E-state index contributed by atoms with van der Waals surface area (Å²) < 4.78 is 0. The maximum atomic E-state index is 11.5. The topological polar surface area (TPSA) is 67.2 Å². The van der Waals surface area contributed by atoms with Gasteiger partial charge in [-0.3, -0.25) is 4.79 Å². The molecule has 0 aliphatic carbocycles. The van der Waals surface area contributed by atoms with Crippen molar-refractivity contribution in [2.24, 2.45) is 0 Å². The summed E-state index contributed by atoms with van der Waals surface area (Å²) in [7, 11) is 1.59. The summed E-state index contributed by atoms with van der Waals surface area (Å²) in [4.78, 5) is 11.5. The van der Waals surface area contributed by atoms with Crippen molar-refractivity contribution in [2.45, 2.75) is 6.54 Å². The van der Waals surface area contributed by atoms with E-state index < -0.39 is 0 Å². The van der Waals surface area contributed by atoms with Crippen LogP contribution in [0.15, 0.2) is 42.5 Å². The zero-order chi connectivity index (χ0) is 14.5. The number of carbonyl (C=O) groups is 1. The lowest BCUT2D eigenvalue weighted by Crippen LogP contribution is -2.18. The number of hydrogen-bond donors (Lipinski definition) is 3. The van der Waals surface area contributed by atoms with Crippen LogP contribution >= 0.6 is 11.6 Å². The molecule has 2 rings (SSSR count). The number of nitrogens with one attached hydrogen (secondary N) is 2. The Morgan fingerprint density at radius 1 is 1.25 bits per heavy atom. The Balaban J connectivity index is 2.08. The van der Waals surface area contributed by atoms with E-state index in [1.807, 2.05) is 24.3 Å². The number of hydrogen-bond acceptors (Lipinski definition) is 3. The van der Waals surface area contributed by atoms with E-state index in [2.05, 4.69) is 10.6 Å². The summed E-state index contributed by atoms with van der Waals surface area (Å²) in [5, 5.41) is 6.49. The summed E-state index contributed by atoms with van der Waals surface area (Å²) in [6, 6.07) is 12.8. The van der Waals surface area contributed by atoms with Gasteiger partial charge in [0.05, 0.1) is 11.4 Å². The normalized spacial score (nSPS) is 10.1. The predicted octanol–water partition coefficient (Wildman–Crippen LogP) is 2.89. The highest BCUT2D eigenvalue weighted by molar-refractivity contribution is 6.30. The van der Waals surface area contributed by atoms with Gasteiger partial charge in [0.15, 0.2) is 0 Å². The van der Waals surface area contributed by atoms with E-state index in [-0.39, 0.29) is 5.91 Å². The van der Waals surface area contributed by atoms with Crippen molar-refractivity contribution in [3.8, 4) is 0 Å². The fourth-order valence-corrected chi connectivity index (χ4v) is 2.07. The molecule has 0 unspecified atom stereocenters. The largest absolute Gasteiger partial charge is 0.397 e. The molecule has 2 aromatic carbocycles. The molecule has 4 N–H and O–H groups in total. The molecule has 0 saturated carbocycles. The minimum absolute atomic E-state index is 0.155. The van der Waals surface area contributed by atoms with E-state index in [0.717, 1.165) is 11.3 Å². The Morgan fingerprint density at radius 3 is 2.70 bits per heavy atom. The van der Waals surface area contributed by atoms with Gasteiger partial charge in [0.2, 0.25) is 0 Å².